The van der Waals surface area contributed by atoms with Gasteiger partial charge in [0.05, 0.1) is 6.20 Å². The summed E-state index contributed by atoms with van der Waals surface area (Å²) in [7, 11) is 0. The van der Waals surface area contributed by atoms with E-state index in [9.17, 15) is 4.79 Å². The van der Waals surface area contributed by atoms with Crippen LogP contribution in [0.1, 0.15) is 70.5 Å². The largest absolute Gasteiger partial charge is 0.352 e. The summed E-state index contributed by atoms with van der Waals surface area (Å²) in [5.74, 6) is -0.0980. The van der Waals surface area contributed by atoms with Gasteiger partial charge in [-0.2, -0.15) is 5.10 Å². The van der Waals surface area contributed by atoms with Gasteiger partial charge in [0, 0.05) is 24.4 Å². The van der Waals surface area contributed by atoms with Crippen LogP contribution in [0.2, 0.25) is 0 Å². The molecule has 1 amide bonds. The highest BCUT2D eigenvalue weighted by Gasteiger charge is 2.18. The maximum Gasteiger partial charge on any atom is 0.256 e. The van der Waals surface area contributed by atoms with E-state index in [1.54, 1.807) is 10.7 Å². The first-order chi connectivity index (χ1) is 14.5. The zero-order valence-corrected chi connectivity index (χ0v) is 18.2. The molecule has 0 fully saturated rings. The third-order valence-corrected chi connectivity index (χ3v) is 6.03. The number of hydrogen-bond donors (Lipinski definition) is 1. The molecule has 0 saturated heterocycles. The van der Waals surface area contributed by atoms with E-state index >= 15 is 0 Å². The summed E-state index contributed by atoms with van der Waals surface area (Å²) in [6.07, 6.45) is 10.6. The van der Waals surface area contributed by atoms with Gasteiger partial charge in [-0.15, -0.1) is 0 Å². The van der Waals surface area contributed by atoms with Gasteiger partial charge >= 0.3 is 0 Å². The molecule has 2 aromatic heterocycles. The first kappa shape index (κ1) is 20.3. The molecule has 1 N–H and O–H groups in total. The van der Waals surface area contributed by atoms with E-state index in [2.05, 4.69) is 54.6 Å². The molecular weight excluding hydrogens is 372 g/mol. The number of nitrogens with zero attached hydrogens (tertiary/aromatic N) is 3. The van der Waals surface area contributed by atoms with Crippen LogP contribution < -0.4 is 5.32 Å². The second-order valence-corrected chi connectivity index (χ2v) is 8.33. The van der Waals surface area contributed by atoms with Crippen molar-refractivity contribution in [2.45, 2.75) is 59.3 Å². The Hall–Kier alpha value is -2.95. The summed E-state index contributed by atoms with van der Waals surface area (Å²) in [5, 5.41) is 7.53. The number of hydrogen-bond acceptors (Lipinski definition) is 3. The first-order valence-corrected chi connectivity index (χ1v) is 10.9. The van der Waals surface area contributed by atoms with Crippen molar-refractivity contribution >= 4 is 11.6 Å². The molecule has 2 heterocycles. The van der Waals surface area contributed by atoms with Gasteiger partial charge in [0.15, 0.2) is 5.65 Å². The normalized spacial score (nSPS) is 14.0. The van der Waals surface area contributed by atoms with Crippen LogP contribution in [0.15, 0.2) is 42.1 Å². The number of allylic oxidation sites excluding steroid dienone is 1. The van der Waals surface area contributed by atoms with Crippen LogP contribution in [0.5, 0.6) is 0 Å². The summed E-state index contributed by atoms with van der Waals surface area (Å²) in [6.45, 7) is 6.83. The quantitative estimate of drug-likeness (QED) is 0.599. The van der Waals surface area contributed by atoms with Crippen LogP contribution in [0.25, 0.3) is 5.65 Å². The molecule has 30 heavy (non-hydrogen) atoms. The molecule has 5 nitrogen and oxygen atoms in total. The monoisotopic (exact) mass is 402 g/mol. The summed E-state index contributed by atoms with van der Waals surface area (Å²) >= 11 is 0. The second kappa shape index (κ2) is 8.82. The van der Waals surface area contributed by atoms with Crippen LogP contribution >= 0.6 is 0 Å². The molecule has 1 aromatic carbocycles. The Morgan fingerprint density at radius 1 is 1.20 bits per heavy atom. The molecule has 156 valence electrons. The third-order valence-electron chi connectivity index (χ3n) is 6.03. The number of benzene rings is 1. The molecule has 0 saturated carbocycles. The first-order valence-electron chi connectivity index (χ1n) is 10.9. The molecule has 0 spiro atoms. The zero-order chi connectivity index (χ0) is 21.1. The lowest BCUT2D eigenvalue weighted by atomic mass is 9.97. The van der Waals surface area contributed by atoms with Crippen molar-refractivity contribution in [3.8, 4) is 0 Å². The molecule has 0 bridgehead atoms. The Bertz CT molecular complexity index is 1110. The van der Waals surface area contributed by atoms with E-state index in [0.29, 0.717) is 17.8 Å². The van der Waals surface area contributed by atoms with Crippen molar-refractivity contribution in [2.75, 3.05) is 6.54 Å². The van der Waals surface area contributed by atoms with E-state index < -0.39 is 0 Å². The average Bonchev–Trinajstić information content (AvgIpc) is 3.16. The molecule has 1 aliphatic carbocycles. The fourth-order valence-electron chi connectivity index (χ4n) is 4.32. The van der Waals surface area contributed by atoms with Crippen LogP contribution in [-0.2, 0) is 6.42 Å². The maximum atomic E-state index is 12.8. The number of carbonyl (C=O) groups is 1. The molecular formula is C25H30N4O. The standard InChI is InChI=1S/C25H30N4O/c1-17-8-7-11-21(14-17)15-22-18(2)28-24-23(16-27-29(24)19(22)3)25(30)26-13-12-20-9-5-4-6-10-20/h7-9,11,14,16H,4-6,10,12-13,15H2,1-3H3,(H,26,30). The van der Waals surface area contributed by atoms with Gasteiger partial charge in [0.2, 0.25) is 0 Å². The summed E-state index contributed by atoms with van der Waals surface area (Å²) in [6, 6.07) is 8.53. The predicted octanol–water partition coefficient (Wildman–Crippen LogP) is 4.87. The highest BCUT2D eigenvalue weighted by atomic mass is 16.1. The topological polar surface area (TPSA) is 59.3 Å². The van der Waals surface area contributed by atoms with Gasteiger partial charge in [-0.1, -0.05) is 41.5 Å². The average molecular weight is 403 g/mol. The lowest BCUT2D eigenvalue weighted by Crippen LogP contribution is -2.25. The highest BCUT2D eigenvalue weighted by molar-refractivity contribution is 5.99. The van der Waals surface area contributed by atoms with Gasteiger partial charge in [0.1, 0.15) is 5.56 Å². The van der Waals surface area contributed by atoms with Gasteiger partial charge in [0.25, 0.3) is 5.91 Å². The number of nitrogens with one attached hydrogen (secondary N) is 1. The molecule has 1 aliphatic rings. The van der Waals surface area contributed by atoms with E-state index in [0.717, 1.165) is 36.2 Å². The van der Waals surface area contributed by atoms with Crippen molar-refractivity contribution in [1.82, 2.24) is 19.9 Å². The fraction of sp³-hybridized carbons (Fsp3) is 0.400. The smallest absolute Gasteiger partial charge is 0.256 e. The molecule has 0 aliphatic heterocycles. The number of carbonyl (C=O) groups excluding carboxylic acids is 1. The lowest BCUT2D eigenvalue weighted by Gasteiger charge is -2.13. The van der Waals surface area contributed by atoms with Gasteiger partial charge in [-0.05, 0) is 64.0 Å². The molecule has 0 unspecified atom stereocenters. The van der Waals surface area contributed by atoms with Gasteiger partial charge < -0.3 is 5.32 Å². The number of aromatic nitrogens is 3. The Balaban J connectivity index is 1.53. The minimum atomic E-state index is -0.0980. The number of amides is 1. The van der Waals surface area contributed by atoms with E-state index in [1.165, 1.54) is 36.0 Å². The summed E-state index contributed by atoms with van der Waals surface area (Å²) in [4.78, 5) is 17.5. The van der Waals surface area contributed by atoms with Crippen LogP contribution in [-0.4, -0.2) is 27.0 Å². The van der Waals surface area contributed by atoms with Crippen molar-refractivity contribution in [1.29, 1.82) is 0 Å². The molecule has 5 heteroatoms. The molecule has 0 atom stereocenters. The fourth-order valence-corrected chi connectivity index (χ4v) is 4.32. The Labute approximate surface area is 178 Å². The van der Waals surface area contributed by atoms with Crippen LogP contribution in [0.3, 0.4) is 0 Å². The number of rotatable bonds is 6. The Kier molecular flexibility index (Phi) is 5.98. The van der Waals surface area contributed by atoms with Gasteiger partial charge in [-0.25, -0.2) is 9.50 Å². The predicted molar refractivity (Wildman–Crippen MR) is 120 cm³/mol. The van der Waals surface area contributed by atoms with Crippen molar-refractivity contribution in [2.24, 2.45) is 0 Å². The van der Waals surface area contributed by atoms with Gasteiger partial charge in [-0.3, -0.25) is 4.79 Å². The Morgan fingerprint density at radius 2 is 2.07 bits per heavy atom. The zero-order valence-electron chi connectivity index (χ0n) is 18.2. The number of aryl methyl sites for hydroxylation is 3. The minimum absolute atomic E-state index is 0.0980. The van der Waals surface area contributed by atoms with Crippen molar-refractivity contribution < 1.29 is 4.79 Å². The third kappa shape index (κ3) is 4.30. The number of fused-ring (bicyclic) bond motifs is 1. The highest BCUT2D eigenvalue weighted by Crippen LogP contribution is 2.22. The van der Waals surface area contributed by atoms with Crippen molar-refractivity contribution in [3.63, 3.8) is 0 Å². The molecule has 3 aromatic rings. The molecule has 4 rings (SSSR count). The van der Waals surface area contributed by atoms with E-state index in [4.69, 9.17) is 4.98 Å². The second-order valence-electron chi connectivity index (χ2n) is 8.33. The lowest BCUT2D eigenvalue weighted by molar-refractivity contribution is 0.0955. The van der Waals surface area contributed by atoms with Crippen molar-refractivity contribution in [3.05, 3.63) is 75.8 Å². The molecule has 0 radical (unpaired) electrons. The SMILES string of the molecule is Cc1cccc(Cc2c(C)nc3c(C(=O)NCCC4=CCCCC4)cnn3c2C)c1. The summed E-state index contributed by atoms with van der Waals surface area (Å²) < 4.78 is 1.80. The summed E-state index contributed by atoms with van der Waals surface area (Å²) in [5.41, 5.74) is 8.28. The van der Waals surface area contributed by atoms with E-state index in [-0.39, 0.29) is 5.91 Å². The van der Waals surface area contributed by atoms with E-state index in [1.807, 2.05) is 6.92 Å². The van der Waals surface area contributed by atoms with Crippen LogP contribution in [0, 0.1) is 20.8 Å². The minimum Gasteiger partial charge on any atom is -0.352 e. The maximum absolute atomic E-state index is 12.8. The van der Waals surface area contributed by atoms with Crippen LogP contribution in [0.4, 0.5) is 0 Å². The Morgan fingerprint density at radius 3 is 2.83 bits per heavy atom.